The number of hydrogen-bond donors (Lipinski definition) is 1. The zero-order chi connectivity index (χ0) is 13.8. The fourth-order valence-electron chi connectivity index (χ4n) is 2.53. The standard InChI is InChI=1S/C14H24N4O/c1-5-15-13-12(19-4)14(17-9-16-13)18-7-6-10(2)11(3)8-18/h9-11H,5-8H2,1-4H3,(H,15,16,17). The number of ether oxygens (including phenoxy) is 1. The minimum atomic E-state index is 0.677. The van der Waals surface area contributed by atoms with Gasteiger partial charge in [0.1, 0.15) is 6.33 Å². The number of anilines is 2. The van der Waals surface area contributed by atoms with E-state index < -0.39 is 0 Å². The number of nitrogens with zero attached hydrogens (tertiary/aromatic N) is 3. The Morgan fingerprint density at radius 2 is 2.16 bits per heavy atom. The monoisotopic (exact) mass is 264 g/mol. The number of piperidine rings is 1. The Labute approximate surface area is 115 Å². The van der Waals surface area contributed by atoms with Crippen molar-refractivity contribution in [2.24, 2.45) is 11.8 Å². The van der Waals surface area contributed by atoms with E-state index in [-0.39, 0.29) is 0 Å². The zero-order valence-electron chi connectivity index (χ0n) is 12.3. The molecule has 1 fully saturated rings. The lowest BCUT2D eigenvalue weighted by Gasteiger charge is -2.36. The van der Waals surface area contributed by atoms with Gasteiger partial charge in [-0.2, -0.15) is 0 Å². The molecule has 106 valence electrons. The van der Waals surface area contributed by atoms with Gasteiger partial charge in [-0.3, -0.25) is 0 Å². The molecule has 2 rings (SSSR count). The summed E-state index contributed by atoms with van der Waals surface area (Å²) in [6.07, 6.45) is 2.81. The summed E-state index contributed by atoms with van der Waals surface area (Å²) >= 11 is 0. The molecule has 1 saturated heterocycles. The summed E-state index contributed by atoms with van der Waals surface area (Å²) < 4.78 is 5.52. The van der Waals surface area contributed by atoms with E-state index in [4.69, 9.17) is 4.74 Å². The lowest BCUT2D eigenvalue weighted by molar-refractivity contribution is 0.319. The van der Waals surface area contributed by atoms with Crippen LogP contribution in [0.1, 0.15) is 27.2 Å². The number of rotatable bonds is 4. The van der Waals surface area contributed by atoms with Gasteiger partial charge in [-0.05, 0) is 25.2 Å². The summed E-state index contributed by atoms with van der Waals surface area (Å²) in [7, 11) is 1.68. The summed E-state index contributed by atoms with van der Waals surface area (Å²) in [4.78, 5) is 11.0. The van der Waals surface area contributed by atoms with E-state index in [1.807, 2.05) is 6.92 Å². The van der Waals surface area contributed by atoms with Crippen LogP contribution in [-0.4, -0.2) is 36.7 Å². The molecule has 0 aliphatic carbocycles. The van der Waals surface area contributed by atoms with Crippen molar-refractivity contribution in [2.75, 3.05) is 37.0 Å². The lowest BCUT2D eigenvalue weighted by Crippen LogP contribution is -2.39. The number of nitrogens with one attached hydrogen (secondary N) is 1. The molecule has 0 bridgehead atoms. The Morgan fingerprint density at radius 3 is 2.79 bits per heavy atom. The quantitative estimate of drug-likeness (QED) is 0.905. The molecule has 0 amide bonds. The van der Waals surface area contributed by atoms with Crippen molar-refractivity contribution < 1.29 is 4.74 Å². The highest BCUT2D eigenvalue weighted by Gasteiger charge is 2.26. The van der Waals surface area contributed by atoms with Crippen molar-refractivity contribution in [3.63, 3.8) is 0 Å². The second-order valence-corrected chi connectivity index (χ2v) is 5.30. The maximum atomic E-state index is 5.52. The van der Waals surface area contributed by atoms with Crippen molar-refractivity contribution >= 4 is 11.6 Å². The van der Waals surface area contributed by atoms with Gasteiger partial charge < -0.3 is 15.0 Å². The first kappa shape index (κ1) is 13.9. The third-order valence-corrected chi connectivity index (χ3v) is 3.97. The predicted molar refractivity (Wildman–Crippen MR) is 77.9 cm³/mol. The highest BCUT2D eigenvalue weighted by molar-refractivity contribution is 5.64. The molecule has 19 heavy (non-hydrogen) atoms. The van der Waals surface area contributed by atoms with Crippen LogP contribution >= 0.6 is 0 Å². The molecule has 1 aromatic rings. The van der Waals surface area contributed by atoms with Crippen molar-refractivity contribution in [1.82, 2.24) is 9.97 Å². The van der Waals surface area contributed by atoms with Gasteiger partial charge in [0.05, 0.1) is 7.11 Å². The molecular formula is C14H24N4O. The fourth-order valence-corrected chi connectivity index (χ4v) is 2.53. The summed E-state index contributed by atoms with van der Waals surface area (Å²) in [6.45, 7) is 9.55. The van der Waals surface area contributed by atoms with Gasteiger partial charge in [0, 0.05) is 19.6 Å². The van der Waals surface area contributed by atoms with Gasteiger partial charge in [0.25, 0.3) is 0 Å². The summed E-state index contributed by atoms with van der Waals surface area (Å²) in [5, 5.41) is 3.22. The van der Waals surface area contributed by atoms with Gasteiger partial charge in [-0.15, -0.1) is 0 Å². The molecule has 0 aromatic carbocycles. The molecule has 1 aromatic heterocycles. The number of methoxy groups -OCH3 is 1. The van der Waals surface area contributed by atoms with E-state index >= 15 is 0 Å². The van der Waals surface area contributed by atoms with Crippen molar-refractivity contribution in [3.8, 4) is 5.75 Å². The Balaban J connectivity index is 2.26. The molecule has 0 spiro atoms. The van der Waals surface area contributed by atoms with E-state index in [0.717, 1.165) is 42.9 Å². The molecule has 5 nitrogen and oxygen atoms in total. The second-order valence-electron chi connectivity index (χ2n) is 5.30. The minimum absolute atomic E-state index is 0.677. The van der Waals surface area contributed by atoms with Gasteiger partial charge in [0.2, 0.25) is 5.75 Å². The van der Waals surface area contributed by atoms with E-state index in [2.05, 4.69) is 34.0 Å². The highest BCUT2D eigenvalue weighted by Crippen LogP contribution is 2.35. The maximum Gasteiger partial charge on any atom is 0.204 e. The van der Waals surface area contributed by atoms with E-state index in [1.165, 1.54) is 6.42 Å². The smallest absolute Gasteiger partial charge is 0.204 e. The lowest BCUT2D eigenvalue weighted by atomic mass is 9.89. The molecule has 1 aliphatic heterocycles. The van der Waals surface area contributed by atoms with Crippen LogP contribution < -0.4 is 15.0 Å². The van der Waals surface area contributed by atoms with E-state index in [1.54, 1.807) is 13.4 Å². The molecule has 5 heteroatoms. The van der Waals surface area contributed by atoms with Crippen LogP contribution in [0.4, 0.5) is 11.6 Å². The fraction of sp³-hybridized carbons (Fsp3) is 0.714. The van der Waals surface area contributed by atoms with Crippen LogP contribution in [0.3, 0.4) is 0 Å². The van der Waals surface area contributed by atoms with Gasteiger partial charge in [-0.25, -0.2) is 9.97 Å². The molecule has 1 N–H and O–H groups in total. The van der Waals surface area contributed by atoms with Crippen LogP contribution in [0.5, 0.6) is 5.75 Å². The van der Waals surface area contributed by atoms with Crippen LogP contribution in [-0.2, 0) is 0 Å². The first-order chi connectivity index (χ1) is 9.17. The second kappa shape index (κ2) is 6.08. The minimum Gasteiger partial charge on any atom is -0.490 e. The summed E-state index contributed by atoms with van der Waals surface area (Å²) in [6, 6.07) is 0. The SMILES string of the molecule is CCNc1ncnc(N2CCC(C)C(C)C2)c1OC. The van der Waals surface area contributed by atoms with Gasteiger partial charge in [-0.1, -0.05) is 13.8 Å². The Hall–Kier alpha value is -1.52. The van der Waals surface area contributed by atoms with E-state index in [0.29, 0.717) is 5.92 Å². The summed E-state index contributed by atoms with van der Waals surface area (Å²) in [5.41, 5.74) is 0. The van der Waals surface area contributed by atoms with Gasteiger partial charge >= 0.3 is 0 Å². The maximum absolute atomic E-state index is 5.52. The van der Waals surface area contributed by atoms with E-state index in [9.17, 15) is 0 Å². The Kier molecular flexibility index (Phi) is 4.45. The normalized spacial score (nSPS) is 23.3. The van der Waals surface area contributed by atoms with Crippen molar-refractivity contribution in [3.05, 3.63) is 6.33 Å². The molecule has 0 radical (unpaired) electrons. The average Bonchev–Trinajstić information content (AvgIpc) is 2.42. The highest BCUT2D eigenvalue weighted by atomic mass is 16.5. The largest absolute Gasteiger partial charge is 0.490 e. The van der Waals surface area contributed by atoms with Crippen LogP contribution in [0.2, 0.25) is 0 Å². The van der Waals surface area contributed by atoms with Crippen LogP contribution in [0.15, 0.2) is 6.33 Å². The molecule has 1 aliphatic rings. The first-order valence-corrected chi connectivity index (χ1v) is 7.05. The van der Waals surface area contributed by atoms with Gasteiger partial charge in [0.15, 0.2) is 11.6 Å². The predicted octanol–water partition coefficient (Wildman–Crippen LogP) is 2.40. The first-order valence-electron chi connectivity index (χ1n) is 7.05. The number of hydrogen-bond acceptors (Lipinski definition) is 5. The zero-order valence-corrected chi connectivity index (χ0v) is 12.3. The van der Waals surface area contributed by atoms with Crippen molar-refractivity contribution in [2.45, 2.75) is 27.2 Å². The third kappa shape index (κ3) is 2.91. The molecule has 0 saturated carbocycles. The topological polar surface area (TPSA) is 50.3 Å². The average molecular weight is 264 g/mol. The summed E-state index contributed by atoms with van der Waals surface area (Å²) in [5.74, 6) is 3.90. The number of aromatic nitrogens is 2. The Morgan fingerprint density at radius 1 is 1.37 bits per heavy atom. The molecule has 2 unspecified atom stereocenters. The van der Waals surface area contributed by atoms with Crippen LogP contribution in [0.25, 0.3) is 0 Å². The molecule has 2 atom stereocenters. The Bertz CT molecular complexity index is 424. The third-order valence-electron chi connectivity index (χ3n) is 3.97. The van der Waals surface area contributed by atoms with Crippen molar-refractivity contribution in [1.29, 1.82) is 0 Å². The molecular weight excluding hydrogens is 240 g/mol. The molecule has 2 heterocycles. The van der Waals surface area contributed by atoms with Crippen LogP contribution in [0, 0.1) is 11.8 Å².